The lowest BCUT2D eigenvalue weighted by Crippen LogP contribution is -2.43. The molecule has 0 radical (unpaired) electrons. The van der Waals surface area contributed by atoms with Crippen LogP contribution in [0.4, 0.5) is 0 Å². The number of nitrogens with two attached hydrogens (primary N) is 1. The van der Waals surface area contributed by atoms with Gasteiger partial charge in [-0.25, -0.2) is 0 Å². The molecule has 0 saturated heterocycles. The minimum atomic E-state index is -0.862. The number of rotatable bonds is 2. The van der Waals surface area contributed by atoms with Gasteiger partial charge in [0, 0.05) is 5.41 Å². The monoisotopic (exact) mass is 223 g/mol. The van der Waals surface area contributed by atoms with E-state index < -0.39 is 28.1 Å². The Hall–Kier alpha value is -1.32. The van der Waals surface area contributed by atoms with Gasteiger partial charge in [0.1, 0.15) is 0 Å². The first-order valence-electron chi connectivity index (χ1n) is 5.44. The Morgan fingerprint density at radius 2 is 1.94 bits per heavy atom. The standard InChI is InChI=1S/C12H17NO3/c1-7-10(2,3)12(9(15)16)5-4-11(7,6-12)8(13)14/h1,4-6H2,2-3H3,(H2,13,14)(H,15,16)/t11-,12+/m1/s1. The second kappa shape index (κ2) is 2.67. The summed E-state index contributed by atoms with van der Waals surface area (Å²) >= 11 is 0. The molecule has 2 aliphatic carbocycles. The number of hydrogen-bond acceptors (Lipinski definition) is 2. The first-order valence-corrected chi connectivity index (χ1v) is 5.44. The number of primary amides is 1. The Bertz CT molecular complexity index is 412. The van der Waals surface area contributed by atoms with Gasteiger partial charge in [-0.2, -0.15) is 0 Å². The average Bonchev–Trinajstić information content (AvgIpc) is 2.64. The molecule has 0 aliphatic heterocycles. The summed E-state index contributed by atoms with van der Waals surface area (Å²) < 4.78 is 0. The van der Waals surface area contributed by atoms with Crippen molar-refractivity contribution in [1.29, 1.82) is 0 Å². The molecule has 1 amide bonds. The molecule has 88 valence electrons. The molecule has 0 heterocycles. The molecule has 0 aromatic rings. The van der Waals surface area contributed by atoms with Crippen LogP contribution in [0.5, 0.6) is 0 Å². The largest absolute Gasteiger partial charge is 0.481 e. The molecule has 2 rings (SSSR count). The third-order valence-corrected chi connectivity index (χ3v) is 4.99. The number of amides is 1. The van der Waals surface area contributed by atoms with Crippen molar-refractivity contribution >= 4 is 11.9 Å². The van der Waals surface area contributed by atoms with Gasteiger partial charge in [0.15, 0.2) is 0 Å². The normalized spacial score (nSPS) is 40.0. The SMILES string of the molecule is C=C1C(C)(C)[C@@]2(C(=O)O)CC[C@@]1(C(N)=O)C2. The van der Waals surface area contributed by atoms with E-state index in [-0.39, 0.29) is 0 Å². The van der Waals surface area contributed by atoms with Crippen molar-refractivity contribution in [2.24, 2.45) is 22.0 Å². The van der Waals surface area contributed by atoms with E-state index in [2.05, 4.69) is 6.58 Å². The Morgan fingerprint density at radius 3 is 2.25 bits per heavy atom. The van der Waals surface area contributed by atoms with Gasteiger partial charge < -0.3 is 10.8 Å². The molecular weight excluding hydrogens is 206 g/mol. The van der Waals surface area contributed by atoms with Gasteiger partial charge >= 0.3 is 5.97 Å². The Kier molecular flexibility index (Phi) is 1.87. The van der Waals surface area contributed by atoms with Crippen LogP contribution in [-0.4, -0.2) is 17.0 Å². The van der Waals surface area contributed by atoms with Gasteiger partial charge in [0.25, 0.3) is 0 Å². The van der Waals surface area contributed by atoms with Crippen molar-refractivity contribution in [1.82, 2.24) is 0 Å². The molecule has 0 aromatic carbocycles. The molecule has 0 unspecified atom stereocenters. The number of carboxylic acids is 1. The van der Waals surface area contributed by atoms with Crippen molar-refractivity contribution in [3.8, 4) is 0 Å². The summed E-state index contributed by atoms with van der Waals surface area (Å²) in [4.78, 5) is 23.1. The smallest absolute Gasteiger partial charge is 0.310 e. The molecular formula is C12H17NO3. The zero-order valence-corrected chi connectivity index (χ0v) is 9.67. The van der Waals surface area contributed by atoms with Crippen LogP contribution in [0.3, 0.4) is 0 Å². The maximum absolute atomic E-state index is 11.6. The number of aliphatic carboxylic acids is 1. The van der Waals surface area contributed by atoms with E-state index in [1.54, 1.807) is 0 Å². The molecule has 2 bridgehead atoms. The summed E-state index contributed by atoms with van der Waals surface area (Å²) in [5, 5.41) is 9.45. The third-order valence-electron chi connectivity index (χ3n) is 4.99. The first kappa shape index (κ1) is 11.2. The lowest BCUT2D eigenvalue weighted by atomic mass is 9.61. The molecule has 2 saturated carbocycles. The Morgan fingerprint density at radius 1 is 1.38 bits per heavy atom. The minimum absolute atomic E-state index is 0.316. The molecule has 4 nitrogen and oxygen atoms in total. The van der Waals surface area contributed by atoms with Crippen LogP contribution in [0.25, 0.3) is 0 Å². The van der Waals surface area contributed by atoms with Gasteiger partial charge in [-0.15, -0.1) is 0 Å². The van der Waals surface area contributed by atoms with E-state index in [1.807, 2.05) is 13.8 Å². The quantitative estimate of drug-likeness (QED) is 0.692. The van der Waals surface area contributed by atoms with Crippen molar-refractivity contribution < 1.29 is 14.7 Å². The van der Waals surface area contributed by atoms with Gasteiger partial charge in [-0.1, -0.05) is 26.0 Å². The van der Waals surface area contributed by atoms with Gasteiger partial charge in [0.2, 0.25) is 5.91 Å². The molecule has 0 spiro atoms. The molecule has 2 fully saturated rings. The highest BCUT2D eigenvalue weighted by Crippen LogP contribution is 2.72. The molecule has 2 aliphatic rings. The lowest BCUT2D eigenvalue weighted by molar-refractivity contribution is -0.153. The van der Waals surface area contributed by atoms with E-state index in [9.17, 15) is 14.7 Å². The highest BCUT2D eigenvalue weighted by atomic mass is 16.4. The second-order valence-corrected chi connectivity index (χ2v) is 5.61. The second-order valence-electron chi connectivity index (χ2n) is 5.61. The van der Waals surface area contributed by atoms with Crippen molar-refractivity contribution in [2.45, 2.75) is 33.1 Å². The predicted molar refractivity (Wildman–Crippen MR) is 58.5 cm³/mol. The van der Waals surface area contributed by atoms with Crippen molar-refractivity contribution in [2.75, 3.05) is 0 Å². The number of carbonyl (C=O) groups excluding carboxylic acids is 1. The number of carboxylic acid groups (broad SMARTS) is 1. The van der Waals surface area contributed by atoms with E-state index >= 15 is 0 Å². The van der Waals surface area contributed by atoms with Crippen LogP contribution in [0.2, 0.25) is 0 Å². The highest BCUT2D eigenvalue weighted by Gasteiger charge is 2.71. The Balaban J connectivity index is 2.61. The number of hydrogen-bond donors (Lipinski definition) is 2. The third kappa shape index (κ3) is 0.867. The molecule has 0 aromatic heterocycles. The first-order chi connectivity index (χ1) is 7.21. The molecule has 4 heteroatoms. The maximum atomic E-state index is 11.6. The maximum Gasteiger partial charge on any atom is 0.310 e. The summed E-state index contributed by atoms with van der Waals surface area (Å²) in [6.45, 7) is 7.66. The summed E-state index contributed by atoms with van der Waals surface area (Å²) in [7, 11) is 0. The fourth-order valence-corrected chi connectivity index (χ4v) is 3.61. The van der Waals surface area contributed by atoms with Crippen LogP contribution < -0.4 is 5.73 Å². The fraction of sp³-hybridized carbons (Fsp3) is 0.667. The minimum Gasteiger partial charge on any atom is -0.481 e. The fourth-order valence-electron chi connectivity index (χ4n) is 3.61. The van der Waals surface area contributed by atoms with Crippen LogP contribution in [0.15, 0.2) is 12.2 Å². The zero-order valence-electron chi connectivity index (χ0n) is 9.67. The van der Waals surface area contributed by atoms with Crippen LogP contribution in [-0.2, 0) is 9.59 Å². The summed E-state index contributed by atoms with van der Waals surface area (Å²) in [6.07, 6.45) is 1.35. The topological polar surface area (TPSA) is 80.4 Å². The van der Waals surface area contributed by atoms with Crippen LogP contribution in [0, 0.1) is 16.2 Å². The summed E-state index contributed by atoms with van der Waals surface area (Å²) in [6, 6.07) is 0. The Labute approximate surface area is 94.5 Å². The van der Waals surface area contributed by atoms with Gasteiger partial charge in [-0.3, -0.25) is 9.59 Å². The predicted octanol–water partition coefficient (Wildman–Crippen LogP) is 1.31. The van der Waals surface area contributed by atoms with Crippen LogP contribution in [0.1, 0.15) is 33.1 Å². The number of carbonyl (C=O) groups is 2. The molecule has 3 N–H and O–H groups in total. The van der Waals surface area contributed by atoms with Crippen molar-refractivity contribution in [3.05, 3.63) is 12.2 Å². The van der Waals surface area contributed by atoms with E-state index in [0.717, 1.165) is 0 Å². The summed E-state index contributed by atoms with van der Waals surface area (Å²) in [5.74, 6) is -1.26. The highest BCUT2D eigenvalue weighted by molar-refractivity contribution is 5.91. The molecule has 2 atom stereocenters. The van der Waals surface area contributed by atoms with Crippen LogP contribution >= 0.6 is 0 Å². The summed E-state index contributed by atoms with van der Waals surface area (Å²) in [5.41, 5.74) is 3.93. The lowest BCUT2D eigenvalue weighted by Gasteiger charge is -2.41. The van der Waals surface area contributed by atoms with Gasteiger partial charge in [0.05, 0.1) is 10.8 Å². The van der Waals surface area contributed by atoms with E-state index in [0.29, 0.717) is 24.8 Å². The van der Waals surface area contributed by atoms with Gasteiger partial charge in [-0.05, 0) is 19.3 Å². The van der Waals surface area contributed by atoms with Crippen molar-refractivity contribution in [3.63, 3.8) is 0 Å². The van der Waals surface area contributed by atoms with E-state index in [1.165, 1.54) is 0 Å². The number of fused-ring (bicyclic) bond motifs is 2. The molecule has 16 heavy (non-hydrogen) atoms. The zero-order chi connectivity index (χ0) is 12.4. The van der Waals surface area contributed by atoms with E-state index in [4.69, 9.17) is 5.73 Å². The average molecular weight is 223 g/mol.